The van der Waals surface area contributed by atoms with Gasteiger partial charge in [0.15, 0.2) is 0 Å². The van der Waals surface area contributed by atoms with Crippen LogP contribution in [0.3, 0.4) is 0 Å². The van der Waals surface area contributed by atoms with E-state index in [4.69, 9.17) is 10.5 Å². The van der Waals surface area contributed by atoms with Crippen LogP contribution in [0.4, 0.5) is 0 Å². The fraction of sp³-hybridized carbons (Fsp3) is 0.571. The van der Waals surface area contributed by atoms with E-state index in [0.717, 1.165) is 30.6 Å². The van der Waals surface area contributed by atoms with Gasteiger partial charge in [0.05, 0.1) is 18.8 Å². The van der Waals surface area contributed by atoms with Gasteiger partial charge in [-0.1, -0.05) is 0 Å². The zero-order valence-corrected chi connectivity index (χ0v) is 11.3. The van der Waals surface area contributed by atoms with Crippen molar-refractivity contribution in [2.24, 2.45) is 5.73 Å². The lowest BCUT2D eigenvalue weighted by Crippen LogP contribution is -2.32. The number of ether oxygens (including phenoxy) is 1. The highest BCUT2D eigenvalue weighted by atomic mass is 16.5. The van der Waals surface area contributed by atoms with Crippen molar-refractivity contribution in [3.05, 3.63) is 29.6 Å². The molecule has 104 valence electrons. The smallest absolute Gasteiger partial charge is 0.320 e. The van der Waals surface area contributed by atoms with E-state index in [1.54, 1.807) is 6.20 Å². The van der Waals surface area contributed by atoms with Gasteiger partial charge in [0.25, 0.3) is 0 Å². The molecule has 1 aromatic heterocycles. The fourth-order valence-electron chi connectivity index (χ4n) is 2.10. The highest BCUT2D eigenvalue weighted by molar-refractivity contribution is 5.71. The maximum Gasteiger partial charge on any atom is 0.320 e. The van der Waals surface area contributed by atoms with Gasteiger partial charge in [-0.15, -0.1) is 0 Å². The van der Waals surface area contributed by atoms with E-state index in [-0.39, 0.29) is 5.97 Å². The Balaban J connectivity index is 1.97. The molecule has 19 heavy (non-hydrogen) atoms. The summed E-state index contributed by atoms with van der Waals surface area (Å²) in [7, 11) is 0. The number of carbonyl (C=O) groups is 1. The topological polar surface area (TPSA) is 68.5 Å². The Morgan fingerprint density at radius 3 is 3.00 bits per heavy atom. The minimum Gasteiger partial charge on any atom is -0.465 e. The van der Waals surface area contributed by atoms with Gasteiger partial charge < -0.3 is 10.5 Å². The minimum atomic E-state index is -0.150. The van der Waals surface area contributed by atoms with Crippen molar-refractivity contribution in [3.8, 4) is 0 Å². The van der Waals surface area contributed by atoms with Crippen LogP contribution < -0.4 is 5.73 Å². The molecular formula is C14H21N3O2. The molecule has 5 nitrogen and oxygen atoms in total. The molecule has 1 fully saturated rings. The Morgan fingerprint density at radius 1 is 1.58 bits per heavy atom. The number of carbonyl (C=O) groups excluding carboxylic acids is 1. The van der Waals surface area contributed by atoms with E-state index >= 15 is 0 Å². The Labute approximate surface area is 113 Å². The molecule has 2 N–H and O–H groups in total. The molecule has 2 rings (SSSR count). The van der Waals surface area contributed by atoms with Crippen LogP contribution in [0.2, 0.25) is 0 Å². The second-order valence-electron chi connectivity index (χ2n) is 4.80. The quantitative estimate of drug-likeness (QED) is 0.745. The van der Waals surface area contributed by atoms with E-state index < -0.39 is 0 Å². The Kier molecular flexibility index (Phi) is 4.87. The van der Waals surface area contributed by atoms with Gasteiger partial charge in [0, 0.05) is 25.3 Å². The predicted octanol–water partition coefficient (Wildman–Crippen LogP) is 1.07. The summed E-state index contributed by atoms with van der Waals surface area (Å²) in [6, 6.07) is 4.49. The first-order valence-electron chi connectivity index (χ1n) is 6.76. The predicted molar refractivity (Wildman–Crippen MR) is 72.2 cm³/mol. The van der Waals surface area contributed by atoms with Gasteiger partial charge >= 0.3 is 5.97 Å². The molecule has 0 spiro atoms. The van der Waals surface area contributed by atoms with E-state index in [9.17, 15) is 4.79 Å². The average Bonchev–Trinajstić information content (AvgIpc) is 3.23. The number of hydrogen-bond acceptors (Lipinski definition) is 5. The molecule has 1 saturated carbocycles. The largest absolute Gasteiger partial charge is 0.465 e. The third-order valence-corrected chi connectivity index (χ3v) is 3.18. The number of hydrogen-bond donors (Lipinski definition) is 1. The molecule has 0 saturated heterocycles. The summed E-state index contributed by atoms with van der Waals surface area (Å²) in [6.45, 7) is 3.81. The van der Waals surface area contributed by atoms with Crippen LogP contribution in [0.1, 0.15) is 31.0 Å². The molecular weight excluding hydrogens is 242 g/mol. The first kappa shape index (κ1) is 14.0. The standard InChI is InChI=1S/C14H21N3O2/c1-2-19-14(18)10-17(13-3-4-13)9-11-5-6-16-12(7-11)8-15/h5-7,13H,2-4,8-10,15H2,1H3. The van der Waals surface area contributed by atoms with Crippen molar-refractivity contribution in [2.45, 2.75) is 38.9 Å². The number of aromatic nitrogens is 1. The number of pyridine rings is 1. The molecule has 0 aliphatic heterocycles. The van der Waals surface area contributed by atoms with Crippen LogP contribution >= 0.6 is 0 Å². The van der Waals surface area contributed by atoms with Gasteiger partial charge in [0.2, 0.25) is 0 Å². The van der Waals surface area contributed by atoms with Crippen molar-refractivity contribution < 1.29 is 9.53 Å². The zero-order chi connectivity index (χ0) is 13.7. The van der Waals surface area contributed by atoms with E-state index in [1.165, 1.54) is 0 Å². The van der Waals surface area contributed by atoms with Crippen LogP contribution in [0, 0.1) is 0 Å². The fourth-order valence-corrected chi connectivity index (χ4v) is 2.10. The number of nitrogens with zero attached hydrogens (tertiary/aromatic N) is 2. The highest BCUT2D eigenvalue weighted by Crippen LogP contribution is 2.28. The molecule has 1 aromatic rings. The summed E-state index contributed by atoms with van der Waals surface area (Å²) in [4.78, 5) is 18.0. The maximum atomic E-state index is 11.6. The third kappa shape index (κ3) is 4.29. The molecule has 1 aliphatic carbocycles. The lowest BCUT2D eigenvalue weighted by molar-refractivity contribution is -0.144. The summed E-state index contributed by atoms with van der Waals surface area (Å²) in [5.41, 5.74) is 7.62. The molecule has 0 amide bonds. The highest BCUT2D eigenvalue weighted by Gasteiger charge is 2.30. The van der Waals surface area contributed by atoms with Crippen LogP contribution in [0.5, 0.6) is 0 Å². The Morgan fingerprint density at radius 2 is 2.37 bits per heavy atom. The summed E-state index contributed by atoms with van der Waals surface area (Å²) in [6.07, 6.45) is 4.09. The first-order chi connectivity index (χ1) is 9.22. The van der Waals surface area contributed by atoms with Gasteiger partial charge in [-0.2, -0.15) is 0 Å². The molecule has 0 aromatic carbocycles. The maximum absolute atomic E-state index is 11.6. The normalized spacial score (nSPS) is 14.7. The minimum absolute atomic E-state index is 0.150. The second kappa shape index (κ2) is 6.63. The monoisotopic (exact) mass is 263 g/mol. The third-order valence-electron chi connectivity index (χ3n) is 3.18. The van der Waals surface area contributed by atoms with Gasteiger partial charge in [-0.25, -0.2) is 0 Å². The van der Waals surface area contributed by atoms with Crippen LogP contribution in [-0.2, 0) is 22.6 Å². The molecule has 0 atom stereocenters. The Bertz CT molecular complexity index is 432. The van der Waals surface area contributed by atoms with Gasteiger partial charge in [-0.3, -0.25) is 14.7 Å². The van der Waals surface area contributed by atoms with Crippen molar-refractivity contribution in [1.82, 2.24) is 9.88 Å². The Hall–Kier alpha value is -1.46. The van der Waals surface area contributed by atoms with Crippen molar-refractivity contribution in [3.63, 3.8) is 0 Å². The van der Waals surface area contributed by atoms with E-state index in [0.29, 0.717) is 25.7 Å². The van der Waals surface area contributed by atoms with Gasteiger partial charge in [-0.05, 0) is 37.5 Å². The molecule has 0 unspecified atom stereocenters. The second-order valence-corrected chi connectivity index (χ2v) is 4.80. The molecule has 1 heterocycles. The summed E-state index contributed by atoms with van der Waals surface area (Å²) < 4.78 is 5.02. The first-order valence-corrected chi connectivity index (χ1v) is 6.76. The number of rotatable bonds is 7. The summed E-state index contributed by atoms with van der Waals surface area (Å²) >= 11 is 0. The van der Waals surface area contributed by atoms with Crippen LogP contribution in [-0.4, -0.2) is 35.0 Å². The molecule has 0 bridgehead atoms. The summed E-state index contributed by atoms with van der Waals surface area (Å²) in [5, 5.41) is 0. The van der Waals surface area contributed by atoms with Gasteiger partial charge in [0.1, 0.15) is 0 Å². The molecule has 1 aliphatic rings. The molecule has 0 radical (unpaired) electrons. The lowest BCUT2D eigenvalue weighted by Gasteiger charge is -2.21. The SMILES string of the molecule is CCOC(=O)CN(Cc1ccnc(CN)c1)C1CC1. The number of esters is 1. The van der Waals surface area contributed by atoms with Crippen molar-refractivity contribution in [2.75, 3.05) is 13.2 Å². The van der Waals surface area contributed by atoms with Crippen molar-refractivity contribution >= 4 is 5.97 Å². The van der Waals surface area contributed by atoms with E-state index in [2.05, 4.69) is 9.88 Å². The van der Waals surface area contributed by atoms with Crippen LogP contribution in [0.15, 0.2) is 18.3 Å². The van der Waals surface area contributed by atoms with E-state index in [1.807, 2.05) is 19.1 Å². The average molecular weight is 263 g/mol. The van der Waals surface area contributed by atoms with Crippen LogP contribution in [0.25, 0.3) is 0 Å². The van der Waals surface area contributed by atoms with Crippen molar-refractivity contribution in [1.29, 1.82) is 0 Å². The summed E-state index contributed by atoms with van der Waals surface area (Å²) in [5.74, 6) is -0.150. The molecule has 5 heteroatoms. The lowest BCUT2D eigenvalue weighted by atomic mass is 10.2. The number of nitrogens with two attached hydrogens (primary N) is 1. The zero-order valence-electron chi connectivity index (χ0n) is 11.3.